The Bertz CT molecular complexity index is 506. The molecule has 0 saturated heterocycles. The third-order valence-electron chi connectivity index (χ3n) is 4.73. The molecule has 0 aromatic carbocycles. The van der Waals surface area contributed by atoms with Crippen molar-refractivity contribution in [3.63, 3.8) is 0 Å². The zero-order valence-corrected chi connectivity index (χ0v) is 16.4. The number of hydrogen-bond donors (Lipinski definition) is 1. The zero-order chi connectivity index (χ0) is 19.0. The van der Waals surface area contributed by atoms with Crippen LogP contribution in [0.4, 0.5) is 0 Å². The molecule has 1 N–H and O–H groups in total. The molecule has 0 aliphatic heterocycles. The van der Waals surface area contributed by atoms with E-state index in [1.165, 1.54) is 82.4 Å². The minimum atomic E-state index is -0.316. The van der Waals surface area contributed by atoms with Crippen LogP contribution in [-0.4, -0.2) is 17.5 Å². The van der Waals surface area contributed by atoms with Gasteiger partial charge in [-0.15, -0.1) is 0 Å². The number of rotatable bonds is 15. The van der Waals surface area contributed by atoms with Crippen LogP contribution >= 0.6 is 0 Å². The Morgan fingerprint density at radius 1 is 0.769 bits per heavy atom. The molecule has 0 aromatic heterocycles. The van der Waals surface area contributed by atoms with E-state index in [9.17, 15) is 14.4 Å². The van der Waals surface area contributed by atoms with Gasteiger partial charge in [-0.05, 0) is 18.6 Å². The molecule has 0 radical (unpaired) electrons. The summed E-state index contributed by atoms with van der Waals surface area (Å²) >= 11 is 0. The van der Waals surface area contributed by atoms with Gasteiger partial charge in [-0.1, -0.05) is 84.0 Å². The second-order valence-electron chi connectivity index (χ2n) is 7.20. The number of amides is 1. The lowest BCUT2D eigenvalue weighted by atomic mass is 10.0. The lowest BCUT2D eigenvalue weighted by Crippen LogP contribution is -2.28. The predicted molar refractivity (Wildman–Crippen MR) is 106 cm³/mol. The van der Waals surface area contributed by atoms with Gasteiger partial charge in [-0.2, -0.15) is 0 Å². The largest absolute Gasteiger partial charge is 0.323 e. The summed E-state index contributed by atoms with van der Waals surface area (Å²) in [6.45, 7) is 2.25. The van der Waals surface area contributed by atoms with Crippen molar-refractivity contribution >= 4 is 17.5 Å². The number of nitrogens with one attached hydrogen (secondary N) is 1. The van der Waals surface area contributed by atoms with Gasteiger partial charge in [0.1, 0.15) is 0 Å². The molecule has 146 valence electrons. The minimum absolute atomic E-state index is 0.0946. The molecule has 4 heteroatoms. The first-order chi connectivity index (χ1) is 12.6. The number of unbranched alkanes of at least 4 members (excludes halogenated alkanes) is 12. The van der Waals surface area contributed by atoms with Crippen LogP contribution in [-0.2, 0) is 14.4 Å². The Balaban J connectivity index is 1.90. The van der Waals surface area contributed by atoms with Crippen molar-refractivity contribution in [3.8, 4) is 0 Å². The lowest BCUT2D eigenvalue weighted by Gasteiger charge is -2.09. The van der Waals surface area contributed by atoms with E-state index in [-0.39, 0.29) is 23.2 Å². The molecule has 0 spiro atoms. The molecule has 1 rings (SSSR count). The molecular formula is C22H35NO3. The topological polar surface area (TPSA) is 63.2 Å². The average Bonchev–Trinajstić information content (AvgIpc) is 2.62. The van der Waals surface area contributed by atoms with Crippen LogP contribution in [0.5, 0.6) is 0 Å². The van der Waals surface area contributed by atoms with Gasteiger partial charge >= 0.3 is 0 Å². The van der Waals surface area contributed by atoms with Crippen LogP contribution in [0.25, 0.3) is 0 Å². The quantitative estimate of drug-likeness (QED) is 0.323. The van der Waals surface area contributed by atoms with Gasteiger partial charge in [-0.3, -0.25) is 14.4 Å². The second kappa shape index (κ2) is 14.5. The molecule has 0 fully saturated rings. The molecule has 0 aromatic rings. The number of carbonyl (C=O) groups is 3. The molecule has 0 unspecified atom stereocenters. The summed E-state index contributed by atoms with van der Waals surface area (Å²) in [6, 6.07) is 0. The maximum atomic E-state index is 11.8. The van der Waals surface area contributed by atoms with Crippen LogP contribution < -0.4 is 5.32 Å². The van der Waals surface area contributed by atoms with Gasteiger partial charge in [-0.25, -0.2) is 0 Å². The fourth-order valence-electron chi connectivity index (χ4n) is 3.12. The zero-order valence-electron chi connectivity index (χ0n) is 16.4. The molecule has 1 aliphatic carbocycles. The molecular weight excluding hydrogens is 326 g/mol. The van der Waals surface area contributed by atoms with Gasteiger partial charge in [0.25, 0.3) is 0 Å². The molecule has 1 aliphatic rings. The maximum Gasteiger partial charge on any atom is 0.224 e. The van der Waals surface area contributed by atoms with Crippen LogP contribution in [0, 0.1) is 0 Å². The number of allylic oxidation sites excluding steroid dienone is 3. The van der Waals surface area contributed by atoms with Gasteiger partial charge in [0.2, 0.25) is 11.7 Å². The van der Waals surface area contributed by atoms with E-state index >= 15 is 0 Å². The Hall–Kier alpha value is -1.71. The molecule has 0 bridgehead atoms. The Labute approximate surface area is 158 Å². The highest BCUT2D eigenvalue weighted by Gasteiger charge is 2.15. The van der Waals surface area contributed by atoms with Crippen molar-refractivity contribution in [2.24, 2.45) is 0 Å². The van der Waals surface area contributed by atoms with Crippen molar-refractivity contribution < 1.29 is 14.4 Å². The summed E-state index contributed by atoms with van der Waals surface area (Å²) in [5.41, 5.74) is 0.0946. The van der Waals surface area contributed by atoms with Crippen molar-refractivity contribution in [1.29, 1.82) is 0 Å². The van der Waals surface area contributed by atoms with E-state index in [0.717, 1.165) is 19.3 Å². The lowest BCUT2D eigenvalue weighted by molar-refractivity contribution is -0.122. The fraction of sp³-hybridized carbons (Fsp3) is 0.682. The summed E-state index contributed by atoms with van der Waals surface area (Å²) in [5.74, 6) is -0.764. The van der Waals surface area contributed by atoms with E-state index in [1.54, 1.807) is 0 Å². The first-order valence-electron chi connectivity index (χ1n) is 10.4. The summed E-state index contributed by atoms with van der Waals surface area (Å²) in [4.78, 5) is 34.6. The standard InChI is InChI=1S/C22H35NO3/c1-2-3-4-5-6-7-8-9-10-11-12-13-14-15-22(26)23-20-18-19(24)16-17-21(20)25/h16-18H,2-15H2,1H3,(H,23,26). The van der Waals surface area contributed by atoms with Crippen molar-refractivity contribution in [1.82, 2.24) is 5.32 Å². The van der Waals surface area contributed by atoms with E-state index in [2.05, 4.69) is 12.2 Å². The van der Waals surface area contributed by atoms with Gasteiger partial charge in [0.05, 0.1) is 5.70 Å². The van der Waals surface area contributed by atoms with Crippen LogP contribution in [0.3, 0.4) is 0 Å². The number of carbonyl (C=O) groups excluding carboxylic acids is 3. The van der Waals surface area contributed by atoms with Crippen molar-refractivity contribution in [2.45, 2.75) is 96.8 Å². The molecule has 0 saturated carbocycles. The van der Waals surface area contributed by atoms with Crippen molar-refractivity contribution in [2.75, 3.05) is 0 Å². The highest BCUT2D eigenvalue weighted by molar-refractivity contribution is 6.18. The molecule has 0 heterocycles. The summed E-state index contributed by atoms with van der Waals surface area (Å²) in [5, 5.41) is 2.54. The van der Waals surface area contributed by atoms with Gasteiger partial charge in [0, 0.05) is 12.5 Å². The van der Waals surface area contributed by atoms with E-state index in [1.807, 2.05) is 0 Å². The smallest absolute Gasteiger partial charge is 0.224 e. The van der Waals surface area contributed by atoms with Gasteiger partial charge < -0.3 is 5.32 Å². The highest BCUT2D eigenvalue weighted by Crippen LogP contribution is 2.13. The highest BCUT2D eigenvalue weighted by atomic mass is 16.2. The summed E-state index contributed by atoms with van der Waals surface area (Å²) in [7, 11) is 0. The Morgan fingerprint density at radius 3 is 1.81 bits per heavy atom. The van der Waals surface area contributed by atoms with Crippen LogP contribution in [0.15, 0.2) is 23.9 Å². The first-order valence-corrected chi connectivity index (χ1v) is 10.4. The molecule has 4 nitrogen and oxygen atoms in total. The van der Waals surface area contributed by atoms with Crippen molar-refractivity contribution in [3.05, 3.63) is 23.9 Å². The third-order valence-corrected chi connectivity index (χ3v) is 4.73. The monoisotopic (exact) mass is 361 g/mol. The third kappa shape index (κ3) is 11.0. The van der Waals surface area contributed by atoms with E-state index in [4.69, 9.17) is 0 Å². The molecule has 26 heavy (non-hydrogen) atoms. The maximum absolute atomic E-state index is 11.8. The molecule has 0 atom stereocenters. The average molecular weight is 362 g/mol. The second-order valence-corrected chi connectivity index (χ2v) is 7.20. The normalized spacial score (nSPS) is 13.8. The van der Waals surface area contributed by atoms with E-state index in [0.29, 0.717) is 6.42 Å². The number of hydrogen-bond acceptors (Lipinski definition) is 3. The van der Waals surface area contributed by atoms with Gasteiger partial charge in [0.15, 0.2) is 5.78 Å². The minimum Gasteiger partial charge on any atom is -0.323 e. The van der Waals surface area contributed by atoms with Crippen LogP contribution in [0.1, 0.15) is 96.8 Å². The number of ketones is 2. The Kier molecular flexibility index (Phi) is 12.4. The molecule has 1 amide bonds. The summed E-state index contributed by atoms with van der Waals surface area (Å²) < 4.78 is 0. The Morgan fingerprint density at radius 2 is 1.27 bits per heavy atom. The first kappa shape index (κ1) is 22.3. The SMILES string of the molecule is CCCCCCCCCCCCCCCC(=O)NC1=CC(=O)C=CC1=O. The fourth-order valence-corrected chi connectivity index (χ4v) is 3.12. The predicted octanol–water partition coefficient (Wildman–Crippen LogP) is 5.18. The van der Waals surface area contributed by atoms with Crippen LogP contribution in [0.2, 0.25) is 0 Å². The summed E-state index contributed by atoms with van der Waals surface area (Å²) in [6.07, 6.45) is 20.5. The van der Waals surface area contributed by atoms with E-state index < -0.39 is 0 Å².